The lowest BCUT2D eigenvalue weighted by Crippen LogP contribution is -2.37. The lowest BCUT2D eigenvalue weighted by Gasteiger charge is -2.26. The Morgan fingerprint density at radius 2 is 2.00 bits per heavy atom. The average Bonchev–Trinajstić information content (AvgIpc) is 2.73. The minimum absolute atomic E-state index is 0.208. The molecule has 5 nitrogen and oxygen atoms in total. The van der Waals surface area contributed by atoms with Crippen LogP contribution in [0.5, 0.6) is 5.75 Å². The van der Waals surface area contributed by atoms with Crippen LogP contribution in [0.4, 0.5) is 10.5 Å². The van der Waals surface area contributed by atoms with Crippen LogP contribution in [0, 0.1) is 6.92 Å². The highest BCUT2D eigenvalue weighted by Gasteiger charge is 2.25. The molecule has 5 heteroatoms. The Balaban J connectivity index is 1.95. The lowest BCUT2D eigenvalue weighted by molar-refractivity contribution is 0.0256. The van der Waals surface area contributed by atoms with E-state index in [1.54, 1.807) is 7.11 Å². The highest BCUT2D eigenvalue weighted by atomic mass is 16.6. The number of benzene rings is 1. The highest BCUT2D eigenvalue weighted by Crippen LogP contribution is 2.27. The van der Waals surface area contributed by atoms with Crippen molar-refractivity contribution in [3.05, 3.63) is 23.8 Å². The summed E-state index contributed by atoms with van der Waals surface area (Å²) in [7, 11) is 1.69. The number of likely N-dealkylation sites (tertiary alicyclic amines) is 1. The van der Waals surface area contributed by atoms with Gasteiger partial charge in [-0.15, -0.1) is 0 Å². The van der Waals surface area contributed by atoms with E-state index < -0.39 is 5.60 Å². The molecule has 1 unspecified atom stereocenters. The number of nitrogens with one attached hydrogen (secondary N) is 1. The van der Waals surface area contributed by atoms with Crippen molar-refractivity contribution < 1.29 is 14.3 Å². The van der Waals surface area contributed by atoms with Crippen molar-refractivity contribution in [2.75, 3.05) is 25.5 Å². The molecule has 0 spiro atoms. The van der Waals surface area contributed by atoms with Crippen LogP contribution in [-0.2, 0) is 4.74 Å². The molecule has 0 aliphatic carbocycles. The number of hydrogen-bond donors (Lipinski definition) is 1. The van der Waals surface area contributed by atoms with Crippen LogP contribution in [-0.4, -0.2) is 42.8 Å². The van der Waals surface area contributed by atoms with Gasteiger partial charge in [0.1, 0.15) is 11.4 Å². The van der Waals surface area contributed by atoms with Crippen molar-refractivity contribution in [2.45, 2.75) is 58.6 Å². The SMILES string of the molecule is COc1cccc(NC2CCCN(C(=O)OC(C)(C)C)CC2)c1C. The highest BCUT2D eigenvalue weighted by molar-refractivity contribution is 5.68. The Hall–Kier alpha value is -1.91. The van der Waals surface area contributed by atoms with Crippen LogP contribution in [0.25, 0.3) is 0 Å². The van der Waals surface area contributed by atoms with Crippen LogP contribution >= 0.6 is 0 Å². The van der Waals surface area contributed by atoms with Crippen molar-refractivity contribution >= 4 is 11.8 Å². The predicted molar refractivity (Wildman–Crippen MR) is 96.8 cm³/mol. The van der Waals surface area contributed by atoms with Gasteiger partial charge in [-0.25, -0.2) is 4.79 Å². The van der Waals surface area contributed by atoms with Gasteiger partial charge in [-0.1, -0.05) is 6.07 Å². The molecule has 1 aromatic rings. The Labute approximate surface area is 145 Å². The third-order valence-corrected chi connectivity index (χ3v) is 4.24. The van der Waals surface area contributed by atoms with Gasteiger partial charge in [0.25, 0.3) is 0 Å². The second-order valence-electron chi connectivity index (χ2n) is 7.37. The number of rotatable bonds is 3. The third-order valence-electron chi connectivity index (χ3n) is 4.24. The van der Waals surface area contributed by atoms with Crippen LogP contribution in [0.15, 0.2) is 18.2 Å². The molecule has 1 amide bonds. The summed E-state index contributed by atoms with van der Waals surface area (Å²) in [5.74, 6) is 0.893. The molecule has 1 heterocycles. The van der Waals surface area contributed by atoms with Gasteiger partial charge in [0.2, 0.25) is 0 Å². The maximum absolute atomic E-state index is 12.2. The van der Waals surface area contributed by atoms with E-state index in [0.29, 0.717) is 6.04 Å². The number of hydrogen-bond acceptors (Lipinski definition) is 4. The molecule has 0 aromatic heterocycles. The topological polar surface area (TPSA) is 50.8 Å². The van der Waals surface area contributed by atoms with E-state index in [-0.39, 0.29) is 6.09 Å². The summed E-state index contributed by atoms with van der Waals surface area (Å²) in [5, 5.41) is 3.61. The van der Waals surface area contributed by atoms with Crippen LogP contribution < -0.4 is 10.1 Å². The molecular weight excluding hydrogens is 304 g/mol. The number of amides is 1. The lowest BCUT2D eigenvalue weighted by atomic mass is 10.1. The van der Waals surface area contributed by atoms with E-state index in [2.05, 4.69) is 18.3 Å². The fourth-order valence-electron chi connectivity index (χ4n) is 2.96. The first kappa shape index (κ1) is 18.4. The number of ether oxygens (including phenoxy) is 2. The molecule has 2 rings (SSSR count). The van der Waals surface area contributed by atoms with Crippen LogP contribution in [0.3, 0.4) is 0 Å². The number of carbonyl (C=O) groups excluding carboxylic acids is 1. The monoisotopic (exact) mass is 334 g/mol. The maximum Gasteiger partial charge on any atom is 0.410 e. The Bertz CT molecular complexity index is 566. The molecule has 0 bridgehead atoms. The minimum atomic E-state index is -0.446. The largest absolute Gasteiger partial charge is 0.496 e. The molecule has 1 N–H and O–H groups in total. The first-order valence-electron chi connectivity index (χ1n) is 8.68. The van der Waals surface area contributed by atoms with Crippen molar-refractivity contribution in [1.29, 1.82) is 0 Å². The second-order valence-corrected chi connectivity index (χ2v) is 7.37. The smallest absolute Gasteiger partial charge is 0.410 e. The van der Waals surface area contributed by atoms with Crippen LogP contribution in [0.1, 0.15) is 45.6 Å². The predicted octanol–water partition coefficient (Wildman–Crippen LogP) is 4.21. The molecule has 1 aliphatic heterocycles. The zero-order chi connectivity index (χ0) is 17.7. The Morgan fingerprint density at radius 1 is 1.25 bits per heavy atom. The molecular formula is C19H30N2O3. The fraction of sp³-hybridized carbons (Fsp3) is 0.632. The molecule has 1 aromatic carbocycles. The normalized spacial score (nSPS) is 18.7. The minimum Gasteiger partial charge on any atom is -0.496 e. The van der Waals surface area contributed by atoms with E-state index in [1.807, 2.05) is 37.8 Å². The number of nitrogens with zero attached hydrogens (tertiary/aromatic N) is 1. The van der Waals surface area contributed by atoms with E-state index in [9.17, 15) is 4.79 Å². The summed E-state index contributed by atoms with van der Waals surface area (Å²) in [6, 6.07) is 6.40. The van der Waals surface area contributed by atoms with Gasteiger partial charge in [0.15, 0.2) is 0 Å². The quantitative estimate of drug-likeness (QED) is 0.900. The number of carbonyl (C=O) groups is 1. The summed E-state index contributed by atoms with van der Waals surface area (Å²) in [5.41, 5.74) is 1.77. The first-order valence-corrected chi connectivity index (χ1v) is 8.68. The van der Waals surface area contributed by atoms with Gasteiger partial charge in [0.05, 0.1) is 7.11 Å². The standard InChI is InChI=1S/C19H30N2O3/c1-14-16(9-6-10-17(14)23-5)20-15-8-7-12-21(13-11-15)18(22)24-19(2,3)4/h6,9-10,15,20H,7-8,11-13H2,1-5H3. The summed E-state index contributed by atoms with van der Waals surface area (Å²) in [6.07, 6.45) is 2.71. The van der Waals surface area contributed by atoms with Gasteiger partial charge in [-0.05, 0) is 59.1 Å². The molecule has 24 heavy (non-hydrogen) atoms. The third kappa shape index (κ3) is 5.05. The summed E-state index contributed by atoms with van der Waals surface area (Å²) >= 11 is 0. The van der Waals surface area contributed by atoms with Crippen molar-refractivity contribution in [3.8, 4) is 5.75 Å². The van der Waals surface area contributed by atoms with Gasteiger partial charge >= 0.3 is 6.09 Å². The molecule has 1 fully saturated rings. The van der Waals surface area contributed by atoms with Crippen molar-refractivity contribution in [1.82, 2.24) is 4.90 Å². The molecule has 134 valence electrons. The Morgan fingerprint density at radius 3 is 2.67 bits per heavy atom. The first-order chi connectivity index (χ1) is 11.3. The summed E-state index contributed by atoms with van der Waals surface area (Å²) in [6.45, 7) is 9.24. The van der Waals surface area contributed by atoms with Gasteiger partial charge < -0.3 is 19.7 Å². The van der Waals surface area contributed by atoms with E-state index in [0.717, 1.165) is 49.4 Å². The van der Waals surface area contributed by atoms with Crippen molar-refractivity contribution in [2.24, 2.45) is 0 Å². The zero-order valence-electron chi connectivity index (χ0n) is 15.5. The Kier molecular flexibility index (Phi) is 5.97. The van der Waals surface area contributed by atoms with Gasteiger partial charge in [-0.2, -0.15) is 0 Å². The van der Waals surface area contributed by atoms with E-state index >= 15 is 0 Å². The van der Waals surface area contributed by atoms with Crippen LogP contribution in [0.2, 0.25) is 0 Å². The maximum atomic E-state index is 12.2. The molecule has 0 radical (unpaired) electrons. The molecule has 0 saturated carbocycles. The van der Waals surface area contributed by atoms with Crippen molar-refractivity contribution in [3.63, 3.8) is 0 Å². The number of anilines is 1. The summed E-state index contributed by atoms with van der Waals surface area (Å²) < 4.78 is 10.9. The fourth-order valence-corrected chi connectivity index (χ4v) is 2.96. The molecule has 1 aliphatic rings. The molecule has 1 atom stereocenters. The molecule has 1 saturated heterocycles. The van der Waals surface area contributed by atoms with Gasteiger partial charge in [0, 0.05) is 30.4 Å². The summed E-state index contributed by atoms with van der Waals surface area (Å²) in [4.78, 5) is 14.1. The van der Waals surface area contributed by atoms with Gasteiger partial charge in [-0.3, -0.25) is 0 Å². The average molecular weight is 334 g/mol. The van der Waals surface area contributed by atoms with E-state index in [1.165, 1.54) is 0 Å². The van der Waals surface area contributed by atoms with E-state index in [4.69, 9.17) is 9.47 Å². The zero-order valence-corrected chi connectivity index (χ0v) is 15.5. The number of methoxy groups -OCH3 is 1. The second kappa shape index (κ2) is 7.77.